The summed E-state index contributed by atoms with van der Waals surface area (Å²) in [4.78, 5) is 27.6. The highest BCUT2D eigenvalue weighted by Crippen LogP contribution is 2.58. The fraction of sp³-hybridized carbons (Fsp3) is 0.310. The number of anilines is 1. The second-order valence-electron chi connectivity index (χ2n) is 9.94. The molecule has 1 spiro atoms. The molecule has 0 bridgehead atoms. The number of hydrogen-bond donors (Lipinski definition) is 2. The van der Waals surface area contributed by atoms with Crippen LogP contribution in [0.5, 0.6) is 5.75 Å². The Bertz CT molecular complexity index is 1420. The zero-order valence-corrected chi connectivity index (χ0v) is 22.6. The zero-order valence-electron chi connectivity index (χ0n) is 20.3. The van der Waals surface area contributed by atoms with E-state index in [-0.39, 0.29) is 24.3 Å². The van der Waals surface area contributed by atoms with E-state index in [4.69, 9.17) is 44.3 Å². The number of ether oxygens (including phenoxy) is 2. The second kappa shape index (κ2) is 10.1. The van der Waals surface area contributed by atoms with Gasteiger partial charge in [0.15, 0.2) is 0 Å². The average molecular weight is 572 g/mol. The van der Waals surface area contributed by atoms with Crippen molar-refractivity contribution in [2.75, 3.05) is 18.5 Å². The first-order chi connectivity index (χ1) is 18.4. The van der Waals surface area contributed by atoms with E-state index >= 15 is 0 Å². The van der Waals surface area contributed by atoms with Gasteiger partial charge < -0.3 is 20.1 Å². The average Bonchev–Trinajstić information content (AvgIpc) is 3.18. The molecule has 9 heteroatoms. The van der Waals surface area contributed by atoms with Crippen molar-refractivity contribution >= 4 is 52.3 Å². The quantitative estimate of drug-likeness (QED) is 0.378. The lowest BCUT2D eigenvalue weighted by Crippen LogP contribution is -2.57. The molecule has 0 unspecified atom stereocenters. The fourth-order valence-electron chi connectivity index (χ4n) is 6.10. The topological polar surface area (TPSA) is 76.7 Å². The molecule has 0 saturated carbocycles. The number of halogens is 3. The molecular formula is C29H25Cl3N2O4. The molecule has 2 amide bonds. The van der Waals surface area contributed by atoms with Crippen LogP contribution in [0, 0.1) is 0 Å². The van der Waals surface area contributed by atoms with Gasteiger partial charge in [-0.2, -0.15) is 0 Å². The summed E-state index contributed by atoms with van der Waals surface area (Å²) in [5.41, 5.74) is 1.59. The van der Waals surface area contributed by atoms with Crippen LogP contribution in [0.15, 0.2) is 60.7 Å². The van der Waals surface area contributed by atoms with Crippen molar-refractivity contribution in [1.29, 1.82) is 0 Å². The van der Waals surface area contributed by atoms with E-state index in [9.17, 15) is 9.59 Å². The van der Waals surface area contributed by atoms with Gasteiger partial charge in [-0.1, -0.05) is 53.0 Å². The maximum Gasteiger partial charge on any atom is 0.238 e. The highest BCUT2D eigenvalue weighted by atomic mass is 35.5. The molecule has 2 saturated heterocycles. The van der Waals surface area contributed by atoms with Crippen LogP contribution in [0.1, 0.15) is 47.9 Å². The van der Waals surface area contributed by atoms with E-state index in [1.165, 1.54) is 0 Å². The standard InChI is InChI=1S/C29H25Cl3N2O4/c30-17-3-1-2-16(12-17)23-15-26(35)34-27(29(23)22-6-4-19(32)14-24(22)33-28(29)36)21-13-18(31)5-7-25(21)38-20-8-10-37-11-9-20/h1-7,12-14,20,23,27H,8-11,15H2,(H,33,36)(H,34,35)/t23-,27-,29-/m0/s1. The molecule has 6 rings (SSSR count). The van der Waals surface area contributed by atoms with Gasteiger partial charge >= 0.3 is 0 Å². The highest BCUT2D eigenvalue weighted by molar-refractivity contribution is 6.31. The van der Waals surface area contributed by atoms with Crippen LogP contribution in [-0.2, 0) is 19.7 Å². The molecule has 0 radical (unpaired) electrons. The van der Waals surface area contributed by atoms with Crippen molar-refractivity contribution in [2.45, 2.75) is 42.7 Å². The third kappa shape index (κ3) is 4.34. The number of fused-ring (bicyclic) bond motifs is 2. The predicted molar refractivity (Wildman–Crippen MR) is 147 cm³/mol. The molecule has 0 aromatic heterocycles. The van der Waals surface area contributed by atoms with Gasteiger partial charge in [-0.3, -0.25) is 9.59 Å². The van der Waals surface area contributed by atoms with Crippen LogP contribution < -0.4 is 15.4 Å². The van der Waals surface area contributed by atoms with E-state index in [1.54, 1.807) is 30.3 Å². The highest BCUT2D eigenvalue weighted by Gasteiger charge is 2.61. The van der Waals surface area contributed by atoms with Gasteiger partial charge in [0.1, 0.15) is 17.3 Å². The molecule has 2 N–H and O–H groups in total. The summed E-state index contributed by atoms with van der Waals surface area (Å²) in [6.07, 6.45) is 1.54. The largest absolute Gasteiger partial charge is 0.490 e. The first-order valence-corrected chi connectivity index (χ1v) is 13.7. The smallest absolute Gasteiger partial charge is 0.238 e. The van der Waals surface area contributed by atoms with Crippen molar-refractivity contribution in [3.05, 3.63) is 92.4 Å². The van der Waals surface area contributed by atoms with Crippen molar-refractivity contribution in [2.24, 2.45) is 0 Å². The molecule has 3 aromatic rings. The zero-order chi connectivity index (χ0) is 26.4. The Morgan fingerprint density at radius 1 is 0.895 bits per heavy atom. The first kappa shape index (κ1) is 25.5. The van der Waals surface area contributed by atoms with Gasteiger partial charge in [0.25, 0.3) is 0 Å². The predicted octanol–water partition coefficient (Wildman–Crippen LogP) is 6.44. The van der Waals surface area contributed by atoms with E-state index in [0.29, 0.717) is 45.3 Å². The summed E-state index contributed by atoms with van der Waals surface area (Å²) in [6.45, 7) is 1.23. The molecule has 3 atom stereocenters. The van der Waals surface area contributed by atoms with E-state index < -0.39 is 17.4 Å². The SMILES string of the molecule is O=C1C[C@@H](c2cccc(Cl)c2)[C@]2(C(=O)Nc3cc(Cl)ccc32)[C@H](c2cc(Cl)ccc2OC2CCOCC2)N1. The van der Waals surface area contributed by atoms with Crippen LogP contribution in [0.4, 0.5) is 5.69 Å². The summed E-state index contributed by atoms with van der Waals surface area (Å²) in [6, 6.07) is 17.3. The maximum atomic E-state index is 14.2. The van der Waals surface area contributed by atoms with Gasteiger partial charge in [0, 0.05) is 51.5 Å². The van der Waals surface area contributed by atoms with Crippen LogP contribution >= 0.6 is 34.8 Å². The molecule has 0 aliphatic carbocycles. The van der Waals surface area contributed by atoms with Gasteiger partial charge in [-0.05, 0) is 53.6 Å². The molecule has 2 fully saturated rings. The van der Waals surface area contributed by atoms with Gasteiger partial charge in [0.05, 0.1) is 19.3 Å². The van der Waals surface area contributed by atoms with Crippen molar-refractivity contribution < 1.29 is 19.1 Å². The van der Waals surface area contributed by atoms with Crippen molar-refractivity contribution in [1.82, 2.24) is 5.32 Å². The third-order valence-corrected chi connectivity index (χ3v) is 8.45. The molecular weight excluding hydrogens is 547 g/mol. The van der Waals surface area contributed by atoms with Gasteiger partial charge in [-0.25, -0.2) is 0 Å². The Morgan fingerprint density at radius 3 is 2.42 bits per heavy atom. The lowest BCUT2D eigenvalue weighted by Gasteiger charge is -2.46. The monoisotopic (exact) mass is 570 g/mol. The number of carbonyl (C=O) groups is 2. The van der Waals surface area contributed by atoms with Gasteiger partial charge in [0.2, 0.25) is 11.8 Å². The summed E-state index contributed by atoms with van der Waals surface area (Å²) >= 11 is 19.2. The van der Waals surface area contributed by atoms with Crippen LogP contribution in [-0.4, -0.2) is 31.1 Å². The number of rotatable bonds is 4. The lowest BCUT2D eigenvalue weighted by atomic mass is 9.59. The molecule has 3 aliphatic rings. The number of hydrogen-bond acceptors (Lipinski definition) is 4. The van der Waals surface area contributed by atoms with E-state index in [0.717, 1.165) is 24.0 Å². The summed E-state index contributed by atoms with van der Waals surface area (Å²) in [5.74, 6) is -0.357. The van der Waals surface area contributed by atoms with Crippen LogP contribution in [0.2, 0.25) is 15.1 Å². The van der Waals surface area contributed by atoms with E-state index in [1.807, 2.05) is 30.3 Å². The maximum absolute atomic E-state index is 14.2. The minimum absolute atomic E-state index is 0.0499. The fourth-order valence-corrected chi connectivity index (χ4v) is 6.65. The number of piperidine rings is 1. The normalized spacial score (nSPS) is 25.1. The molecule has 3 aliphatic heterocycles. The van der Waals surface area contributed by atoms with Crippen molar-refractivity contribution in [3.8, 4) is 5.75 Å². The summed E-state index contributed by atoms with van der Waals surface area (Å²) in [5, 5.41) is 7.69. The number of benzene rings is 3. The van der Waals surface area contributed by atoms with E-state index in [2.05, 4.69) is 10.6 Å². The Kier molecular flexibility index (Phi) is 6.77. The molecule has 38 heavy (non-hydrogen) atoms. The third-order valence-electron chi connectivity index (χ3n) is 7.75. The lowest BCUT2D eigenvalue weighted by molar-refractivity contribution is -0.131. The first-order valence-electron chi connectivity index (χ1n) is 12.6. The van der Waals surface area contributed by atoms with Crippen LogP contribution in [0.25, 0.3) is 0 Å². The molecule has 196 valence electrons. The minimum atomic E-state index is -1.21. The number of amides is 2. The van der Waals surface area contributed by atoms with Gasteiger partial charge in [-0.15, -0.1) is 0 Å². The van der Waals surface area contributed by atoms with Crippen LogP contribution in [0.3, 0.4) is 0 Å². The number of carbonyl (C=O) groups excluding carboxylic acids is 2. The summed E-state index contributed by atoms with van der Waals surface area (Å²) < 4.78 is 12.0. The number of nitrogens with one attached hydrogen (secondary N) is 2. The Hall–Kier alpha value is -2.77. The Morgan fingerprint density at radius 2 is 1.63 bits per heavy atom. The summed E-state index contributed by atoms with van der Waals surface area (Å²) in [7, 11) is 0. The second-order valence-corrected chi connectivity index (χ2v) is 11.2. The minimum Gasteiger partial charge on any atom is -0.490 e. The molecule has 6 nitrogen and oxygen atoms in total. The Balaban J connectivity index is 1.57. The molecule has 3 aromatic carbocycles. The van der Waals surface area contributed by atoms with Crippen molar-refractivity contribution in [3.63, 3.8) is 0 Å². The Labute approximate surface area is 235 Å². The molecule has 3 heterocycles.